The van der Waals surface area contributed by atoms with Crippen molar-refractivity contribution in [3.8, 4) is 11.5 Å². The summed E-state index contributed by atoms with van der Waals surface area (Å²) in [6.45, 7) is 0. The lowest BCUT2D eigenvalue weighted by Crippen LogP contribution is -2.25. The summed E-state index contributed by atoms with van der Waals surface area (Å²) in [6.07, 6.45) is 4.80. The molecule has 1 unspecified atom stereocenters. The van der Waals surface area contributed by atoms with Crippen molar-refractivity contribution in [1.29, 1.82) is 0 Å². The van der Waals surface area contributed by atoms with Crippen molar-refractivity contribution < 1.29 is 9.47 Å². The highest BCUT2D eigenvalue weighted by atomic mass is 35.5. The lowest BCUT2D eigenvalue weighted by Gasteiger charge is -2.14. The van der Waals surface area contributed by atoms with Crippen molar-refractivity contribution in [2.45, 2.75) is 18.9 Å². The van der Waals surface area contributed by atoms with Crippen molar-refractivity contribution in [2.24, 2.45) is 5.73 Å². The molecule has 0 spiro atoms. The highest BCUT2D eigenvalue weighted by molar-refractivity contribution is 6.31. The molecule has 112 valence electrons. The predicted molar refractivity (Wildman–Crippen MR) is 84.2 cm³/mol. The molecule has 21 heavy (non-hydrogen) atoms. The topological polar surface area (TPSA) is 57.4 Å². The predicted octanol–water partition coefficient (Wildman–Crippen LogP) is 2.86. The van der Waals surface area contributed by atoms with Gasteiger partial charge in [-0.15, -0.1) is 0 Å². The molecule has 0 fully saturated rings. The van der Waals surface area contributed by atoms with E-state index in [1.165, 1.54) is 0 Å². The van der Waals surface area contributed by atoms with Gasteiger partial charge in [-0.1, -0.05) is 17.7 Å². The van der Waals surface area contributed by atoms with Crippen molar-refractivity contribution in [3.05, 3.63) is 52.8 Å². The summed E-state index contributed by atoms with van der Waals surface area (Å²) in [5.41, 5.74) is 8.33. The summed E-state index contributed by atoms with van der Waals surface area (Å²) in [6, 6.07) is 7.71. The molecule has 2 rings (SSSR count). The molecule has 4 nitrogen and oxygen atoms in total. The van der Waals surface area contributed by atoms with Crippen molar-refractivity contribution in [3.63, 3.8) is 0 Å². The van der Waals surface area contributed by atoms with E-state index in [-0.39, 0.29) is 6.04 Å². The van der Waals surface area contributed by atoms with Gasteiger partial charge in [0.1, 0.15) is 0 Å². The molecule has 0 aliphatic rings. The number of pyridine rings is 1. The van der Waals surface area contributed by atoms with Crippen LogP contribution in [0.5, 0.6) is 11.5 Å². The maximum atomic E-state index is 6.22. The first-order valence-corrected chi connectivity index (χ1v) is 7.06. The molecule has 0 saturated carbocycles. The molecule has 2 aromatic rings. The average molecular weight is 307 g/mol. The first-order chi connectivity index (χ1) is 10.1. The number of nitrogens with two attached hydrogens (primary N) is 1. The number of aromatic nitrogens is 1. The summed E-state index contributed by atoms with van der Waals surface area (Å²) < 4.78 is 10.5. The minimum absolute atomic E-state index is 0.0250. The Morgan fingerprint density at radius 1 is 1.14 bits per heavy atom. The third kappa shape index (κ3) is 4.09. The van der Waals surface area contributed by atoms with Crippen molar-refractivity contribution in [1.82, 2.24) is 4.98 Å². The Bertz CT molecular complexity index is 605. The Morgan fingerprint density at radius 3 is 2.57 bits per heavy atom. The van der Waals surface area contributed by atoms with Crippen molar-refractivity contribution >= 4 is 11.6 Å². The third-order valence-corrected chi connectivity index (χ3v) is 3.62. The Labute approximate surface area is 129 Å². The van der Waals surface area contributed by atoms with Crippen LogP contribution in [0.4, 0.5) is 0 Å². The lowest BCUT2D eigenvalue weighted by molar-refractivity contribution is 0.354. The third-order valence-electron chi connectivity index (χ3n) is 3.28. The van der Waals surface area contributed by atoms with Crippen LogP contribution in [0.1, 0.15) is 11.1 Å². The zero-order chi connectivity index (χ0) is 15.2. The minimum atomic E-state index is -0.0250. The molecule has 1 heterocycles. The maximum Gasteiger partial charge on any atom is 0.160 e. The van der Waals surface area contributed by atoms with Gasteiger partial charge in [0.2, 0.25) is 0 Å². The van der Waals surface area contributed by atoms with Crippen LogP contribution < -0.4 is 15.2 Å². The van der Waals surface area contributed by atoms with E-state index in [1.54, 1.807) is 26.6 Å². The van der Waals surface area contributed by atoms with Gasteiger partial charge in [0, 0.05) is 18.4 Å². The molecule has 0 saturated heterocycles. The normalized spacial score (nSPS) is 12.0. The standard InChI is InChI=1S/C16H19ClN2O2/c1-20-15-4-3-11(8-16(15)21-2)7-13(18)9-12-5-6-19-10-14(12)17/h3-6,8,10,13H,7,9,18H2,1-2H3. The molecule has 2 N–H and O–H groups in total. The van der Waals surface area contributed by atoms with E-state index < -0.39 is 0 Å². The lowest BCUT2D eigenvalue weighted by atomic mass is 10.00. The Hall–Kier alpha value is -1.78. The molecular formula is C16H19ClN2O2. The zero-order valence-electron chi connectivity index (χ0n) is 12.2. The van der Waals surface area contributed by atoms with Crippen LogP contribution in [0.2, 0.25) is 5.02 Å². The van der Waals surface area contributed by atoms with Crippen LogP contribution in [0.15, 0.2) is 36.7 Å². The SMILES string of the molecule is COc1ccc(CC(N)Cc2ccncc2Cl)cc1OC. The Kier molecular flexibility index (Phi) is 5.42. The van der Waals surface area contributed by atoms with Crippen molar-refractivity contribution in [2.75, 3.05) is 14.2 Å². The van der Waals surface area contributed by atoms with E-state index in [0.29, 0.717) is 22.9 Å². The molecule has 0 aliphatic carbocycles. The fraction of sp³-hybridized carbons (Fsp3) is 0.312. The fourth-order valence-corrected chi connectivity index (χ4v) is 2.43. The van der Waals surface area contributed by atoms with Crippen LogP contribution >= 0.6 is 11.6 Å². The molecule has 0 radical (unpaired) electrons. The number of methoxy groups -OCH3 is 2. The number of benzene rings is 1. The molecule has 0 bridgehead atoms. The van der Waals surface area contributed by atoms with Gasteiger partial charge in [-0.3, -0.25) is 4.98 Å². The van der Waals surface area contributed by atoms with E-state index in [1.807, 2.05) is 24.3 Å². The van der Waals surface area contributed by atoms with Crippen LogP contribution in [0.3, 0.4) is 0 Å². The number of rotatable bonds is 6. The summed E-state index contributed by atoms with van der Waals surface area (Å²) in [7, 11) is 3.24. The van der Waals surface area contributed by atoms with Gasteiger partial charge in [0.15, 0.2) is 11.5 Å². The van der Waals surface area contributed by atoms with E-state index in [9.17, 15) is 0 Å². The van der Waals surface area contributed by atoms with E-state index in [4.69, 9.17) is 26.8 Å². The number of halogens is 1. The van der Waals surface area contributed by atoms with Crippen LogP contribution in [-0.2, 0) is 12.8 Å². The molecule has 5 heteroatoms. The molecular weight excluding hydrogens is 288 g/mol. The second-order valence-corrected chi connectivity index (χ2v) is 5.23. The number of ether oxygens (including phenoxy) is 2. The number of hydrogen-bond donors (Lipinski definition) is 1. The Morgan fingerprint density at radius 2 is 1.90 bits per heavy atom. The summed E-state index contributed by atoms with van der Waals surface area (Å²) in [5.74, 6) is 1.43. The highest BCUT2D eigenvalue weighted by Crippen LogP contribution is 2.28. The van der Waals surface area contributed by atoms with Gasteiger partial charge in [-0.25, -0.2) is 0 Å². The molecule has 0 aliphatic heterocycles. The van der Waals surface area contributed by atoms with E-state index in [2.05, 4.69) is 4.98 Å². The van der Waals surface area contributed by atoms with Crippen LogP contribution in [0, 0.1) is 0 Å². The van der Waals surface area contributed by atoms with E-state index in [0.717, 1.165) is 17.5 Å². The highest BCUT2D eigenvalue weighted by Gasteiger charge is 2.10. The summed E-state index contributed by atoms with van der Waals surface area (Å²) in [4.78, 5) is 3.97. The largest absolute Gasteiger partial charge is 0.493 e. The van der Waals surface area contributed by atoms with Gasteiger partial charge >= 0.3 is 0 Å². The van der Waals surface area contributed by atoms with Gasteiger partial charge in [-0.2, -0.15) is 0 Å². The summed E-state index contributed by atoms with van der Waals surface area (Å²) in [5, 5.41) is 0.653. The molecule has 1 aromatic carbocycles. The summed E-state index contributed by atoms with van der Waals surface area (Å²) >= 11 is 6.10. The van der Waals surface area contributed by atoms with Crippen LogP contribution in [-0.4, -0.2) is 25.2 Å². The maximum absolute atomic E-state index is 6.22. The second kappa shape index (κ2) is 7.29. The minimum Gasteiger partial charge on any atom is -0.493 e. The average Bonchev–Trinajstić information content (AvgIpc) is 2.49. The Balaban J connectivity index is 2.06. The van der Waals surface area contributed by atoms with Gasteiger partial charge < -0.3 is 15.2 Å². The van der Waals surface area contributed by atoms with Gasteiger partial charge in [0.25, 0.3) is 0 Å². The zero-order valence-corrected chi connectivity index (χ0v) is 12.9. The van der Waals surface area contributed by atoms with E-state index >= 15 is 0 Å². The van der Waals surface area contributed by atoms with Gasteiger partial charge in [0.05, 0.1) is 19.2 Å². The quantitative estimate of drug-likeness (QED) is 0.891. The first kappa shape index (κ1) is 15.6. The monoisotopic (exact) mass is 306 g/mol. The molecule has 1 atom stereocenters. The number of hydrogen-bond acceptors (Lipinski definition) is 4. The molecule has 0 amide bonds. The second-order valence-electron chi connectivity index (χ2n) is 4.82. The fourth-order valence-electron chi connectivity index (χ4n) is 2.23. The number of nitrogens with zero attached hydrogens (tertiary/aromatic N) is 1. The first-order valence-electron chi connectivity index (χ1n) is 6.69. The molecule has 1 aromatic heterocycles. The van der Waals surface area contributed by atoms with Gasteiger partial charge in [-0.05, 0) is 42.2 Å². The smallest absolute Gasteiger partial charge is 0.160 e. The van der Waals surface area contributed by atoms with Crippen LogP contribution in [0.25, 0.3) is 0 Å².